The molecule has 0 radical (unpaired) electrons. The monoisotopic (exact) mass is 512 g/mol. The van der Waals surface area contributed by atoms with Gasteiger partial charge in [-0.2, -0.15) is 5.26 Å². The number of nitrogens with zero attached hydrogens (tertiary/aromatic N) is 1. The van der Waals surface area contributed by atoms with Crippen LogP contribution in [0.15, 0.2) is 36.4 Å². The molecule has 10 heteroatoms. The molecule has 2 aromatic rings. The van der Waals surface area contributed by atoms with Crippen LogP contribution < -0.4 is 16.0 Å². The molecule has 1 aromatic heterocycles. The van der Waals surface area contributed by atoms with Crippen LogP contribution in [0.2, 0.25) is 0 Å². The molecule has 0 saturated carbocycles. The molecule has 0 fully saturated rings. The van der Waals surface area contributed by atoms with E-state index in [2.05, 4.69) is 22.0 Å². The van der Waals surface area contributed by atoms with Crippen LogP contribution in [-0.4, -0.2) is 21.0 Å². The van der Waals surface area contributed by atoms with Gasteiger partial charge in [0.25, 0.3) is 0 Å². The van der Waals surface area contributed by atoms with Gasteiger partial charge < -0.3 is 16.0 Å². The number of alkyl halides is 3. The smallest absolute Gasteiger partial charge is 0.245 e. The highest BCUT2D eigenvalue weighted by Crippen LogP contribution is 2.37. The number of anilines is 1. The summed E-state index contributed by atoms with van der Waals surface area (Å²) in [7, 11) is 0. The quantitative estimate of drug-likeness (QED) is 0.219. The van der Waals surface area contributed by atoms with E-state index in [1.54, 1.807) is 6.08 Å². The molecule has 31 heavy (non-hydrogen) atoms. The minimum atomic E-state index is -1.87. The van der Waals surface area contributed by atoms with E-state index in [4.69, 9.17) is 47.0 Å². The van der Waals surface area contributed by atoms with Gasteiger partial charge in [-0.25, -0.2) is 0 Å². The van der Waals surface area contributed by atoms with Crippen LogP contribution in [0, 0.1) is 11.3 Å². The van der Waals surface area contributed by atoms with E-state index in [9.17, 15) is 10.1 Å². The van der Waals surface area contributed by atoms with E-state index in [1.165, 1.54) is 22.3 Å². The SMILES string of the molecule is N#Cc1c(NC(=S)N[C@H](NC(=O)/C=C\c2ccccc2)C(Cl)(Cl)Cl)sc2c1CCCC2. The number of benzene rings is 1. The molecule has 1 aliphatic rings. The summed E-state index contributed by atoms with van der Waals surface area (Å²) in [5.74, 6) is -0.459. The second kappa shape index (κ2) is 10.7. The molecule has 0 spiro atoms. The maximum absolute atomic E-state index is 12.3. The van der Waals surface area contributed by atoms with E-state index < -0.39 is 15.9 Å². The van der Waals surface area contributed by atoms with Crippen molar-refractivity contribution in [2.24, 2.45) is 0 Å². The molecular weight excluding hydrogens is 495 g/mol. The van der Waals surface area contributed by atoms with E-state index in [-0.39, 0.29) is 5.11 Å². The average molecular weight is 514 g/mol. The Bertz CT molecular complexity index is 1030. The molecule has 0 saturated heterocycles. The number of amides is 1. The lowest BCUT2D eigenvalue weighted by Crippen LogP contribution is -2.55. The summed E-state index contributed by atoms with van der Waals surface area (Å²) in [5, 5.41) is 18.8. The molecule has 3 N–H and O–H groups in total. The molecule has 3 rings (SSSR count). The molecule has 0 unspecified atom stereocenters. The third kappa shape index (κ3) is 6.58. The predicted octanol–water partition coefficient (Wildman–Crippen LogP) is 5.31. The predicted molar refractivity (Wildman–Crippen MR) is 133 cm³/mol. The van der Waals surface area contributed by atoms with Crippen LogP contribution in [-0.2, 0) is 17.6 Å². The summed E-state index contributed by atoms with van der Waals surface area (Å²) in [4.78, 5) is 13.5. The van der Waals surface area contributed by atoms with E-state index in [0.717, 1.165) is 36.8 Å². The van der Waals surface area contributed by atoms with E-state index in [1.807, 2.05) is 30.3 Å². The highest BCUT2D eigenvalue weighted by atomic mass is 35.6. The molecule has 1 aliphatic carbocycles. The number of hydrogen-bond donors (Lipinski definition) is 3. The fraction of sp³-hybridized carbons (Fsp3) is 0.286. The van der Waals surface area contributed by atoms with Crippen molar-refractivity contribution in [2.75, 3.05) is 5.32 Å². The zero-order valence-electron chi connectivity index (χ0n) is 16.3. The Balaban J connectivity index is 1.67. The van der Waals surface area contributed by atoms with Gasteiger partial charge in [-0.1, -0.05) is 65.1 Å². The second-order valence-electron chi connectivity index (χ2n) is 6.85. The Morgan fingerprint density at radius 3 is 2.58 bits per heavy atom. The van der Waals surface area contributed by atoms with Gasteiger partial charge in [-0.05, 0) is 55.1 Å². The standard InChI is InChI=1S/C21H19Cl3N4OS2/c22-21(23,24)19(26-17(29)11-10-13-6-2-1-3-7-13)28-20(30)27-18-15(12-25)14-8-4-5-9-16(14)31-18/h1-3,6-7,10-11,19H,4-5,8-9H2,(H,26,29)(H2,27,28,30)/b11-10-/t19-/m0/s1. The van der Waals surface area contributed by atoms with Gasteiger partial charge in [0.05, 0.1) is 5.56 Å². The van der Waals surface area contributed by atoms with E-state index >= 15 is 0 Å². The molecule has 5 nitrogen and oxygen atoms in total. The molecule has 0 aliphatic heterocycles. The van der Waals surface area contributed by atoms with Gasteiger partial charge >= 0.3 is 0 Å². The van der Waals surface area contributed by atoms with Crippen molar-refractivity contribution in [3.63, 3.8) is 0 Å². The number of halogens is 3. The third-order valence-corrected chi connectivity index (χ3v) is 6.71. The largest absolute Gasteiger partial charge is 0.339 e. The summed E-state index contributed by atoms with van der Waals surface area (Å²) in [6.45, 7) is 0. The Kier molecular flexibility index (Phi) is 8.20. The number of carbonyl (C=O) groups excluding carboxylic acids is 1. The number of nitrogens with one attached hydrogen (secondary N) is 3. The number of nitriles is 1. The second-order valence-corrected chi connectivity index (χ2v) is 10.7. The minimum absolute atomic E-state index is 0.138. The molecule has 1 heterocycles. The van der Waals surface area contributed by atoms with Crippen molar-refractivity contribution >= 4 is 80.5 Å². The minimum Gasteiger partial charge on any atom is -0.339 e. The summed E-state index contributed by atoms with van der Waals surface area (Å²) >= 11 is 25.0. The summed E-state index contributed by atoms with van der Waals surface area (Å²) < 4.78 is -1.87. The van der Waals surface area contributed by atoms with Crippen LogP contribution in [0.1, 0.15) is 34.4 Å². The van der Waals surface area contributed by atoms with Crippen LogP contribution in [0.25, 0.3) is 6.08 Å². The lowest BCUT2D eigenvalue weighted by Gasteiger charge is -2.27. The molecule has 1 atom stereocenters. The van der Waals surface area contributed by atoms with Crippen molar-refractivity contribution < 1.29 is 4.79 Å². The molecular formula is C21H19Cl3N4OS2. The fourth-order valence-corrected chi connectivity index (χ4v) is 5.02. The molecule has 162 valence electrons. The Morgan fingerprint density at radius 1 is 1.19 bits per heavy atom. The number of thiophene rings is 1. The van der Waals surface area contributed by atoms with Gasteiger partial charge in [0, 0.05) is 11.0 Å². The molecule has 0 bridgehead atoms. The first-order valence-corrected chi connectivity index (χ1v) is 11.9. The van der Waals surface area contributed by atoms with Gasteiger partial charge in [0.2, 0.25) is 9.70 Å². The van der Waals surface area contributed by atoms with Crippen LogP contribution in [0.3, 0.4) is 0 Å². The first kappa shape index (κ1) is 23.8. The number of aryl methyl sites for hydroxylation is 1. The number of carbonyl (C=O) groups is 1. The van der Waals surface area contributed by atoms with Gasteiger partial charge in [-0.3, -0.25) is 4.79 Å². The normalized spacial score (nSPS) is 14.4. The van der Waals surface area contributed by atoms with Crippen molar-refractivity contribution in [1.82, 2.24) is 10.6 Å². The fourth-order valence-electron chi connectivity index (χ4n) is 3.17. The number of rotatable bonds is 5. The third-order valence-electron chi connectivity index (χ3n) is 4.63. The molecule has 1 amide bonds. The topological polar surface area (TPSA) is 77.0 Å². The van der Waals surface area contributed by atoms with Crippen LogP contribution >= 0.6 is 58.4 Å². The zero-order chi connectivity index (χ0) is 22.4. The first-order chi connectivity index (χ1) is 14.8. The molecule has 1 aromatic carbocycles. The van der Waals surface area contributed by atoms with E-state index in [0.29, 0.717) is 10.6 Å². The first-order valence-electron chi connectivity index (χ1n) is 9.50. The average Bonchev–Trinajstić information content (AvgIpc) is 3.08. The Hall–Kier alpha value is -1.82. The summed E-state index contributed by atoms with van der Waals surface area (Å²) in [6.07, 6.45) is 5.92. The lowest BCUT2D eigenvalue weighted by molar-refractivity contribution is -0.117. The number of hydrogen-bond acceptors (Lipinski definition) is 4. The lowest BCUT2D eigenvalue weighted by atomic mass is 9.96. The van der Waals surface area contributed by atoms with Crippen molar-refractivity contribution in [2.45, 2.75) is 35.6 Å². The Morgan fingerprint density at radius 2 is 1.90 bits per heavy atom. The Labute approximate surface area is 205 Å². The van der Waals surface area contributed by atoms with Crippen LogP contribution in [0.4, 0.5) is 5.00 Å². The summed E-state index contributed by atoms with van der Waals surface area (Å²) in [6, 6.07) is 11.6. The van der Waals surface area contributed by atoms with Crippen LogP contribution in [0.5, 0.6) is 0 Å². The highest BCUT2D eigenvalue weighted by Gasteiger charge is 2.34. The zero-order valence-corrected chi connectivity index (χ0v) is 20.2. The summed E-state index contributed by atoms with van der Waals surface area (Å²) in [5.41, 5.74) is 2.55. The van der Waals surface area contributed by atoms with Crippen molar-refractivity contribution in [3.8, 4) is 6.07 Å². The van der Waals surface area contributed by atoms with Gasteiger partial charge in [0.15, 0.2) is 5.11 Å². The van der Waals surface area contributed by atoms with Crippen molar-refractivity contribution in [1.29, 1.82) is 5.26 Å². The van der Waals surface area contributed by atoms with Gasteiger partial charge in [0.1, 0.15) is 17.2 Å². The maximum Gasteiger partial charge on any atom is 0.245 e. The van der Waals surface area contributed by atoms with Crippen molar-refractivity contribution in [3.05, 3.63) is 58.0 Å². The number of thiocarbonyl (C=S) groups is 1. The highest BCUT2D eigenvalue weighted by molar-refractivity contribution is 7.80. The maximum atomic E-state index is 12.3. The van der Waals surface area contributed by atoms with Gasteiger partial charge in [-0.15, -0.1) is 11.3 Å². The number of fused-ring (bicyclic) bond motifs is 1.